The fourth-order valence-electron chi connectivity index (χ4n) is 2.68. The molecule has 0 radical (unpaired) electrons. The molecule has 0 fully saturated rings. The topological polar surface area (TPSA) is 58.6 Å². The molecule has 1 N–H and O–H groups in total. The second-order valence-corrected chi connectivity index (χ2v) is 6.75. The summed E-state index contributed by atoms with van der Waals surface area (Å²) in [7, 11) is 1.30. The van der Waals surface area contributed by atoms with E-state index in [0.717, 1.165) is 22.1 Å². The molecule has 0 spiro atoms. The molecule has 120 valence electrons. The van der Waals surface area contributed by atoms with E-state index in [-0.39, 0.29) is 11.8 Å². The summed E-state index contributed by atoms with van der Waals surface area (Å²) in [5.41, 5.74) is 2.07. The molecular weight excluding hydrogens is 348 g/mol. The lowest BCUT2D eigenvalue weighted by Gasteiger charge is -2.25. The first-order valence-corrected chi connectivity index (χ1v) is 8.16. The number of ether oxygens (including phenoxy) is 1. The fraction of sp³-hybridized carbons (Fsp3) is 0.500. The molecule has 0 saturated heterocycles. The van der Waals surface area contributed by atoms with Gasteiger partial charge < -0.3 is 15.0 Å². The standard InChI is InChI=1S/C16H21BrN2O3/c1-10(2)8-13(18-16(21)22-3)15(20)19-7-6-11-9-12(17)4-5-14(11)19/h4-5,9-10,13H,6-8H2,1-3H3,(H,18,21). The van der Waals surface area contributed by atoms with Crippen LogP contribution in [0.25, 0.3) is 0 Å². The van der Waals surface area contributed by atoms with Crippen molar-refractivity contribution < 1.29 is 14.3 Å². The molecule has 6 heteroatoms. The molecule has 2 rings (SSSR count). The Morgan fingerprint density at radius 2 is 2.14 bits per heavy atom. The number of anilines is 1. The van der Waals surface area contributed by atoms with Gasteiger partial charge in [-0.3, -0.25) is 4.79 Å². The van der Waals surface area contributed by atoms with Crippen LogP contribution in [0.4, 0.5) is 10.5 Å². The summed E-state index contributed by atoms with van der Waals surface area (Å²) < 4.78 is 5.64. The monoisotopic (exact) mass is 368 g/mol. The van der Waals surface area contributed by atoms with E-state index in [0.29, 0.717) is 13.0 Å². The van der Waals surface area contributed by atoms with Gasteiger partial charge in [0.15, 0.2) is 0 Å². The number of carbonyl (C=O) groups excluding carboxylic acids is 2. The molecule has 1 aliphatic rings. The SMILES string of the molecule is COC(=O)NC(CC(C)C)C(=O)N1CCc2cc(Br)ccc21. The molecule has 0 aromatic heterocycles. The summed E-state index contributed by atoms with van der Waals surface area (Å²) in [6, 6.07) is 5.33. The minimum atomic E-state index is -0.575. The van der Waals surface area contributed by atoms with E-state index >= 15 is 0 Å². The van der Waals surface area contributed by atoms with Crippen LogP contribution in [-0.2, 0) is 16.0 Å². The summed E-state index contributed by atoms with van der Waals surface area (Å²) >= 11 is 3.45. The van der Waals surface area contributed by atoms with Gasteiger partial charge in [0.25, 0.3) is 0 Å². The van der Waals surface area contributed by atoms with Gasteiger partial charge in [-0.1, -0.05) is 29.8 Å². The van der Waals surface area contributed by atoms with Crippen molar-refractivity contribution in [3.63, 3.8) is 0 Å². The normalized spacial score (nSPS) is 14.7. The predicted octanol–water partition coefficient (Wildman–Crippen LogP) is 3.11. The zero-order valence-electron chi connectivity index (χ0n) is 13.1. The maximum Gasteiger partial charge on any atom is 0.407 e. The molecular formula is C16H21BrN2O3. The second kappa shape index (κ2) is 7.13. The van der Waals surface area contributed by atoms with Gasteiger partial charge in [0.1, 0.15) is 6.04 Å². The number of halogens is 1. The lowest BCUT2D eigenvalue weighted by atomic mass is 10.0. The molecule has 1 aliphatic heterocycles. The van der Waals surface area contributed by atoms with Gasteiger partial charge in [-0.05, 0) is 42.5 Å². The summed E-state index contributed by atoms with van der Waals surface area (Å²) in [5.74, 6) is 0.207. The molecule has 1 aromatic rings. The van der Waals surface area contributed by atoms with Crippen LogP contribution in [0.15, 0.2) is 22.7 Å². The van der Waals surface area contributed by atoms with Crippen molar-refractivity contribution in [2.45, 2.75) is 32.7 Å². The van der Waals surface area contributed by atoms with Crippen LogP contribution in [0, 0.1) is 5.92 Å². The number of methoxy groups -OCH3 is 1. The molecule has 0 saturated carbocycles. The smallest absolute Gasteiger partial charge is 0.407 e. The first-order valence-electron chi connectivity index (χ1n) is 7.36. The number of nitrogens with zero attached hydrogens (tertiary/aromatic N) is 1. The third-order valence-corrected chi connectivity index (χ3v) is 4.18. The van der Waals surface area contributed by atoms with Crippen molar-refractivity contribution in [3.05, 3.63) is 28.2 Å². The minimum absolute atomic E-state index is 0.0832. The van der Waals surface area contributed by atoms with Crippen LogP contribution in [0.3, 0.4) is 0 Å². The van der Waals surface area contributed by atoms with Gasteiger partial charge >= 0.3 is 6.09 Å². The molecule has 1 atom stereocenters. The number of carbonyl (C=O) groups is 2. The van der Waals surface area contributed by atoms with Gasteiger partial charge in [0.2, 0.25) is 5.91 Å². The number of nitrogens with one attached hydrogen (secondary N) is 1. The quantitative estimate of drug-likeness (QED) is 0.887. The van der Waals surface area contributed by atoms with Crippen LogP contribution in [-0.4, -0.2) is 31.7 Å². The van der Waals surface area contributed by atoms with Crippen molar-refractivity contribution in [2.24, 2.45) is 5.92 Å². The van der Waals surface area contributed by atoms with Gasteiger partial charge in [0, 0.05) is 16.7 Å². The maximum atomic E-state index is 12.8. The zero-order valence-corrected chi connectivity index (χ0v) is 14.6. The highest BCUT2D eigenvalue weighted by Crippen LogP contribution is 2.31. The van der Waals surface area contributed by atoms with Crippen LogP contribution < -0.4 is 10.2 Å². The first-order chi connectivity index (χ1) is 10.4. The zero-order chi connectivity index (χ0) is 16.3. The molecule has 1 heterocycles. The van der Waals surface area contributed by atoms with Crippen molar-refractivity contribution in [2.75, 3.05) is 18.6 Å². The van der Waals surface area contributed by atoms with E-state index in [1.165, 1.54) is 7.11 Å². The largest absolute Gasteiger partial charge is 0.453 e. The number of rotatable bonds is 4. The Morgan fingerprint density at radius 1 is 1.41 bits per heavy atom. The van der Waals surface area contributed by atoms with Crippen molar-refractivity contribution in [3.8, 4) is 0 Å². The minimum Gasteiger partial charge on any atom is -0.453 e. The molecule has 1 unspecified atom stereocenters. The van der Waals surface area contributed by atoms with Gasteiger partial charge in [-0.25, -0.2) is 4.79 Å². The van der Waals surface area contributed by atoms with Crippen molar-refractivity contribution in [1.82, 2.24) is 5.32 Å². The van der Waals surface area contributed by atoms with E-state index in [2.05, 4.69) is 26.0 Å². The summed E-state index contributed by atoms with van der Waals surface area (Å²) in [5, 5.41) is 2.66. The summed E-state index contributed by atoms with van der Waals surface area (Å²) in [6.45, 7) is 4.69. The van der Waals surface area contributed by atoms with E-state index in [1.54, 1.807) is 4.90 Å². The van der Waals surface area contributed by atoms with E-state index < -0.39 is 12.1 Å². The lowest BCUT2D eigenvalue weighted by Crippen LogP contribution is -2.48. The van der Waals surface area contributed by atoms with E-state index in [9.17, 15) is 9.59 Å². The number of hydrogen-bond acceptors (Lipinski definition) is 3. The summed E-state index contributed by atoms with van der Waals surface area (Å²) in [4.78, 5) is 26.1. The number of benzene rings is 1. The van der Waals surface area contributed by atoms with E-state index in [1.807, 2.05) is 32.0 Å². The Bertz CT molecular complexity index is 575. The molecule has 1 aromatic carbocycles. The Balaban J connectivity index is 2.19. The lowest BCUT2D eigenvalue weighted by molar-refractivity contribution is -0.120. The van der Waals surface area contributed by atoms with Crippen molar-refractivity contribution in [1.29, 1.82) is 0 Å². The van der Waals surface area contributed by atoms with Crippen LogP contribution in [0.2, 0.25) is 0 Å². The second-order valence-electron chi connectivity index (χ2n) is 5.83. The van der Waals surface area contributed by atoms with Crippen LogP contribution >= 0.6 is 15.9 Å². The van der Waals surface area contributed by atoms with Crippen molar-refractivity contribution >= 4 is 33.6 Å². The Labute approximate surface area is 139 Å². The highest BCUT2D eigenvalue weighted by Gasteiger charge is 2.31. The Morgan fingerprint density at radius 3 is 2.77 bits per heavy atom. The average Bonchev–Trinajstić information content (AvgIpc) is 2.87. The predicted molar refractivity (Wildman–Crippen MR) is 89.0 cm³/mol. The third-order valence-electron chi connectivity index (χ3n) is 3.69. The third kappa shape index (κ3) is 3.80. The van der Waals surface area contributed by atoms with Gasteiger partial charge in [-0.15, -0.1) is 0 Å². The first kappa shape index (κ1) is 16.8. The van der Waals surface area contributed by atoms with Gasteiger partial charge in [-0.2, -0.15) is 0 Å². The number of alkyl carbamates (subject to hydrolysis) is 1. The van der Waals surface area contributed by atoms with Crippen LogP contribution in [0.1, 0.15) is 25.8 Å². The average molecular weight is 369 g/mol. The molecule has 2 amide bonds. The highest BCUT2D eigenvalue weighted by atomic mass is 79.9. The maximum absolute atomic E-state index is 12.8. The molecule has 0 aliphatic carbocycles. The number of amides is 2. The fourth-order valence-corrected chi connectivity index (χ4v) is 3.09. The molecule has 22 heavy (non-hydrogen) atoms. The molecule has 5 nitrogen and oxygen atoms in total. The number of hydrogen-bond donors (Lipinski definition) is 1. The molecule has 0 bridgehead atoms. The van der Waals surface area contributed by atoms with Gasteiger partial charge in [0.05, 0.1) is 7.11 Å². The Kier molecular flexibility index (Phi) is 5.45. The van der Waals surface area contributed by atoms with Crippen LogP contribution in [0.5, 0.6) is 0 Å². The highest BCUT2D eigenvalue weighted by molar-refractivity contribution is 9.10. The Hall–Kier alpha value is -1.56. The summed E-state index contributed by atoms with van der Waals surface area (Å²) in [6.07, 6.45) is 0.831. The van der Waals surface area contributed by atoms with E-state index in [4.69, 9.17) is 0 Å². The number of fused-ring (bicyclic) bond motifs is 1.